The van der Waals surface area contributed by atoms with Gasteiger partial charge in [0.05, 0.1) is 21.4 Å². The summed E-state index contributed by atoms with van der Waals surface area (Å²) in [5.74, 6) is 0.464. The predicted molar refractivity (Wildman–Crippen MR) is 80.7 cm³/mol. The van der Waals surface area contributed by atoms with Crippen LogP contribution in [0.25, 0.3) is 5.69 Å². The molecule has 1 aliphatic carbocycles. The van der Waals surface area contributed by atoms with E-state index < -0.39 is 0 Å². The monoisotopic (exact) mass is 360 g/mol. The number of halogens is 3. The van der Waals surface area contributed by atoms with E-state index in [1.54, 1.807) is 22.9 Å². The lowest BCUT2D eigenvalue weighted by molar-refractivity contribution is 0.616. The Balaban J connectivity index is 2.29. The van der Waals surface area contributed by atoms with E-state index in [0.717, 1.165) is 18.5 Å². The second-order valence-electron chi connectivity index (χ2n) is 4.69. The lowest BCUT2D eigenvalue weighted by atomic mass is 10.3. The Hall–Kier alpha value is -0.710. The van der Waals surface area contributed by atoms with Gasteiger partial charge in [0.1, 0.15) is 4.47 Å². The largest absolute Gasteiger partial charge is 0.286 e. The van der Waals surface area contributed by atoms with E-state index >= 15 is 0 Å². The molecule has 3 rings (SSSR count). The molecule has 19 heavy (non-hydrogen) atoms. The van der Waals surface area contributed by atoms with E-state index in [0.29, 0.717) is 26.1 Å². The Kier molecular flexibility index (Phi) is 3.28. The molecule has 100 valence electrons. The zero-order chi connectivity index (χ0) is 13.7. The number of hydrogen-bond donors (Lipinski definition) is 0. The van der Waals surface area contributed by atoms with Crippen LogP contribution in [0.15, 0.2) is 27.5 Å². The molecule has 3 nitrogen and oxygen atoms in total. The van der Waals surface area contributed by atoms with Gasteiger partial charge in [0, 0.05) is 13.0 Å². The molecule has 0 bridgehead atoms. The highest BCUT2D eigenvalue weighted by atomic mass is 79.9. The van der Waals surface area contributed by atoms with Gasteiger partial charge in [-0.3, -0.25) is 9.48 Å². The standard InChI is InChI=1S/C13H11BrCl2N2O/c1-17-12(7-5-6-7)10(14)13(19)18(17)9-4-2-3-8(15)11(9)16/h2-4,7H,5-6H2,1H3. The predicted octanol–water partition coefficient (Wildman–Crippen LogP) is 4.12. The van der Waals surface area contributed by atoms with Gasteiger partial charge in [-0.1, -0.05) is 29.3 Å². The van der Waals surface area contributed by atoms with Crippen molar-refractivity contribution in [1.29, 1.82) is 0 Å². The topological polar surface area (TPSA) is 26.9 Å². The van der Waals surface area contributed by atoms with E-state index in [-0.39, 0.29) is 5.56 Å². The summed E-state index contributed by atoms with van der Waals surface area (Å²) in [7, 11) is 1.87. The van der Waals surface area contributed by atoms with Crippen LogP contribution in [0.3, 0.4) is 0 Å². The molecule has 0 amide bonds. The Morgan fingerprint density at radius 2 is 2.00 bits per heavy atom. The summed E-state index contributed by atoms with van der Waals surface area (Å²) in [5, 5.41) is 0.832. The van der Waals surface area contributed by atoms with Crippen LogP contribution in [0.5, 0.6) is 0 Å². The van der Waals surface area contributed by atoms with Crippen LogP contribution in [0.2, 0.25) is 10.0 Å². The first-order chi connectivity index (χ1) is 9.02. The van der Waals surface area contributed by atoms with Gasteiger partial charge in [-0.25, -0.2) is 4.68 Å². The summed E-state index contributed by atoms with van der Waals surface area (Å²) in [5.41, 5.74) is 1.53. The number of aromatic nitrogens is 2. The van der Waals surface area contributed by atoms with Crippen molar-refractivity contribution in [2.75, 3.05) is 0 Å². The fraction of sp³-hybridized carbons (Fsp3) is 0.308. The second-order valence-corrected chi connectivity index (χ2v) is 6.27. The fourth-order valence-electron chi connectivity index (χ4n) is 2.32. The summed E-state index contributed by atoms with van der Waals surface area (Å²) >= 11 is 15.6. The second kappa shape index (κ2) is 4.69. The third-order valence-corrected chi connectivity index (χ3v) is 4.93. The molecule has 0 atom stereocenters. The zero-order valence-corrected chi connectivity index (χ0v) is 13.3. The molecule has 0 radical (unpaired) electrons. The van der Waals surface area contributed by atoms with Crippen molar-refractivity contribution in [2.45, 2.75) is 18.8 Å². The third-order valence-electron chi connectivity index (χ3n) is 3.38. The number of hydrogen-bond acceptors (Lipinski definition) is 1. The SMILES string of the molecule is Cn1c(C2CC2)c(Br)c(=O)n1-c1cccc(Cl)c1Cl. The molecular formula is C13H11BrCl2N2O. The van der Waals surface area contributed by atoms with Gasteiger partial charge in [-0.05, 0) is 40.9 Å². The van der Waals surface area contributed by atoms with E-state index in [1.165, 1.54) is 0 Å². The maximum absolute atomic E-state index is 12.4. The molecule has 6 heteroatoms. The number of rotatable bonds is 2. The van der Waals surface area contributed by atoms with Crippen LogP contribution >= 0.6 is 39.1 Å². The fourth-order valence-corrected chi connectivity index (χ4v) is 3.44. The highest BCUT2D eigenvalue weighted by Gasteiger charge is 2.32. The van der Waals surface area contributed by atoms with Crippen LogP contribution in [-0.2, 0) is 7.05 Å². The molecule has 1 aromatic carbocycles. The molecule has 1 aromatic heterocycles. The molecule has 1 saturated carbocycles. The summed E-state index contributed by atoms with van der Waals surface area (Å²) in [6, 6.07) is 5.28. The van der Waals surface area contributed by atoms with E-state index in [1.807, 2.05) is 11.7 Å². The Labute approximate surface area is 128 Å². The van der Waals surface area contributed by atoms with Crippen LogP contribution < -0.4 is 5.56 Å². The minimum Gasteiger partial charge on any atom is -0.284 e. The maximum Gasteiger partial charge on any atom is 0.286 e. The number of benzene rings is 1. The van der Waals surface area contributed by atoms with E-state index in [9.17, 15) is 4.79 Å². The zero-order valence-electron chi connectivity index (χ0n) is 10.2. The molecule has 0 spiro atoms. The van der Waals surface area contributed by atoms with E-state index in [2.05, 4.69) is 15.9 Å². The molecule has 1 aliphatic rings. The van der Waals surface area contributed by atoms with Gasteiger partial charge in [0.15, 0.2) is 0 Å². The van der Waals surface area contributed by atoms with Gasteiger partial charge in [0.2, 0.25) is 0 Å². The van der Waals surface area contributed by atoms with Crippen LogP contribution in [0.1, 0.15) is 24.5 Å². The highest BCUT2D eigenvalue weighted by molar-refractivity contribution is 9.10. The molecule has 0 aliphatic heterocycles. The molecule has 0 saturated heterocycles. The summed E-state index contributed by atoms with van der Waals surface area (Å²) < 4.78 is 4.04. The third kappa shape index (κ3) is 2.06. The van der Waals surface area contributed by atoms with Crippen LogP contribution in [0.4, 0.5) is 0 Å². The van der Waals surface area contributed by atoms with Crippen molar-refractivity contribution in [1.82, 2.24) is 9.36 Å². The first-order valence-electron chi connectivity index (χ1n) is 5.94. The molecule has 2 aromatic rings. The first kappa shape index (κ1) is 13.3. The van der Waals surface area contributed by atoms with Gasteiger partial charge >= 0.3 is 0 Å². The lowest BCUT2D eigenvalue weighted by Gasteiger charge is -2.11. The van der Waals surface area contributed by atoms with Crippen LogP contribution in [-0.4, -0.2) is 9.36 Å². The molecule has 1 heterocycles. The Morgan fingerprint density at radius 3 is 2.63 bits per heavy atom. The minimum atomic E-state index is -0.103. The van der Waals surface area contributed by atoms with Gasteiger partial charge in [-0.2, -0.15) is 0 Å². The number of nitrogens with zero attached hydrogens (tertiary/aromatic N) is 2. The van der Waals surface area contributed by atoms with E-state index in [4.69, 9.17) is 23.2 Å². The highest BCUT2D eigenvalue weighted by Crippen LogP contribution is 2.42. The van der Waals surface area contributed by atoms with Gasteiger partial charge < -0.3 is 0 Å². The molecule has 0 unspecified atom stereocenters. The minimum absolute atomic E-state index is 0.103. The van der Waals surface area contributed by atoms with Crippen molar-refractivity contribution in [3.8, 4) is 5.69 Å². The summed E-state index contributed by atoms with van der Waals surface area (Å²) in [6.45, 7) is 0. The van der Waals surface area contributed by atoms with Crippen molar-refractivity contribution in [3.63, 3.8) is 0 Å². The van der Waals surface area contributed by atoms with Crippen molar-refractivity contribution in [2.24, 2.45) is 7.05 Å². The quantitative estimate of drug-likeness (QED) is 0.790. The average Bonchev–Trinajstić information content (AvgIpc) is 3.16. The Morgan fingerprint density at radius 1 is 1.32 bits per heavy atom. The average molecular weight is 362 g/mol. The van der Waals surface area contributed by atoms with Crippen molar-refractivity contribution >= 4 is 39.1 Å². The first-order valence-corrected chi connectivity index (χ1v) is 7.49. The van der Waals surface area contributed by atoms with Crippen molar-refractivity contribution in [3.05, 3.63) is 48.8 Å². The van der Waals surface area contributed by atoms with Gasteiger partial charge in [0.25, 0.3) is 5.56 Å². The Bertz CT molecular complexity index is 716. The van der Waals surface area contributed by atoms with Crippen LogP contribution in [0, 0.1) is 0 Å². The molecule has 0 N–H and O–H groups in total. The van der Waals surface area contributed by atoms with Crippen molar-refractivity contribution < 1.29 is 0 Å². The summed E-state index contributed by atoms with van der Waals surface area (Å²) in [4.78, 5) is 12.4. The normalized spacial score (nSPS) is 14.9. The summed E-state index contributed by atoms with van der Waals surface area (Å²) in [6.07, 6.45) is 2.25. The lowest BCUT2D eigenvalue weighted by Crippen LogP contribution is -2.20. The van der Waals surface area contributed by atoms with Gasteiger partial charge in [-0.15, -0.1) is 0 Å². The molecular weight excluding hydrogens is 351 g/mol. The maximum atomic E-state index is 12.4. The smallest absolute Gasteiger partial charge is 0.284 e. The molecule has 1 fully saturated rings.